The molecule has 0 spiro atoms. The van der Waals surface area contributed by atoms with Crippen LogP contribution in [0.1, 0.15) is 44.5 Å². The number of ether oxygens (including phenoxy) is 2. The van der Waals surface area contributed by atoms with Crippen molar-refractivity contribution >= 4 is 11.6 Å². The summed E-state index contributed by atoms with van der Waals surface area (Å²) in [6.45, 7) is 14.9. The molecule has 3 aliphatic rings. The van der Waals surface area contributed by atoms with Crippen LogP contribution in [-0.2, 0) is 26.1 Å². The van der Waals surface area contributed by atoms with Crippen molar-refractivity contribution in [2.45, 2.75) is 57.2 Å². The zero-order chi connectivity index (χ0) is 28.5. The van der Waals surface area contributed by atoms with Crippen molar-refractivity contribution in [3.05, 3.63) is 59.2 Å². The van der Waals surface area contributed by atoms with Gasteiger partial charge in [-0.25, -0.2) is 4.39 Å². The average molecular weight is 554 g/mol. The van der Waals surface area contributed by atoms with Gasteiger partial charge in [0.15, 0.2) is 0 Å². The van der Waals surface area contributed by atoms with Gasteiger partial charge in [0.25, 0.3) is 0 Å². The fourth-order valence-electron chi connectivity index (χ4n) is 6.44. The first-order chi connectivity index (χ1) is 19.1. The molecule has 218 valence electrons. The van der Waals surface area contributed by atoms with E-state index in [4.69, 9.17) is 14.5 Å². The Balaban J connectivity index is 1.33. The van der Waals surface area contributed by atoms with E-state index in [0.717, 1.165) is 48.7 Å². The van der Waals surface area contributed by atoms with Gasteiger partial charge in [-0.1, -0.05) is 26.0 Å². The van der Waals surface area contributed by atoms with Gasteiger partial charge in [-0.3, -0.25) is 19.6 Å². The standard InChI is InChI=1S/C31H44FN5O3/c1-22-16-35(26(15-33-22)17-36-10-11-40-21-31(36,4)20-39-5)18-28(38)37-19-30(2,3)29-27(37)13-24(14-34-29)12-23-6-8-25(32)9-7-23/h6-9,13-14,22,26,33H,10-12,15-21H2,1-5H3/t22?,26-,31?/m1/s1. The van der Waals surface area contributed by atoms with E-state index in [9.17, 15) is 9.18 Å². The van der Waals surface area contributed by atoms with Gasteiger partial charge in [-0.2, -0.15) is 0 Å². The summed E-state index contributed by atoms with van der Waals surface area (Å²) in [7, 11) is 1.74. The second-order valence-corrected chi connectivity index (χ2v) is 12.7. The molecule has 8 nitrogen and oxygen atoms in total. The van der Waals surface area contributed by atoms with Crippen LogP contribution in [0.3, 0.4) is 0 Å². The van der Waals surface area contributed by atoms with E-state index in [2.05, 4.69) is 48.9 Å². The number of morpholine rings is 1. The van der Waals surface area contributed by atoms with E-state index in [0.29, 0.717) is 45.4 Å². The number of nitrogens with one attached hydrogen (secondary N) is 1. The molecule has 40 heavy (non-hydrogen) atoms. The van der Waals surface area contributed by atoms with Crippen LogP contribution in [-0.4, -0.2) is 105 Å². The summed E-state index contributed by atoms with van der Waals surface area (Å²) in [6, 6.07) is 9.17. The molecule has 3 aliphatic heterocycles. The number of fused-ring (bicyclic) bond motifs is 1. The summed E-state index contributed by atoms with van der Waals surface area (Å²) in [5, 5.41) is 3.63. The Labute approximate surface area is 237 Å². The number of hydrogen-bond acceptors (Lipinski definition) is 7. The van der Waals surface area contributed by atoms with Crippen LogP contribution in [0.4, 0.5) is 10.1 Å². The lowest BCUT2D eigenvalue weighted by molar-refractivity contribution is -0.122. The fourth-order valence-corrected chi connectivity index (χ4v) is 6.44. The Morgan fingerprint density at radius 1 is 1.23 bits per heavy atom. The van der Waals surface area contributed by atoms with Gasteiger partial charge in [0.2, 0.25) is 5.91 Å². The number of piperazine rings is 1. The predicted octanol–water partition coefficient (Wildman–Crippen LogP) is 2.84. The summed E-state index contributed by atoms with van der Waals surface area (Å²) < 4.78 is 24.8. The van der Waals surface area contributed by atoms with Crippen molar-refractivity contribution in [2.75, 3.05) is 71.1 Å². The number of nitrogens with zero attached hydrogens (tertiary/aromatic N) is 4. The Hall–Kier alpha value is -2.43. The molecule has 1 aromatic heterocycles. The van der Waals surface area contributed by atoms with Crippen molar-refractivity contribution in [3.63, 3.8) is 0 Å². The van der Waals surface area contributed by atoms with E-state index in [1.165, 1.54) is 12.1 Å². The van der Waals surface area contributed by atoms with Gasteiger partial charge >= 0.3 is 0 Å². The number of benzene rings is 1. The number of pyridine rings is 1. The molecule has 5 rings (SSSR count). The highest BCUT2D eigenvalue weighted by molar-refractivity contribution is 5.97. The van der Waals surface area contributed by atoms with Crippen LogP contribution in [0.5, 0.6) is 0 Å². The highest BCUT2D eigenvalue weighted by Crippen LogP contribution is 2.40. The Morgan fingerprint density at radius 2 is 2.00 bits per heavy atom. The normalized spacial score (nSPS) is 27.1. The van der Waals surface area contributed by atoms with Crippen molar-refractivity contribution in [3.8, 4) is 0 Å². The Bertz CT molecular complexity index is 1190. The maximum atomic E-state index is 14.0. The maximum Gasteiger partial charge on any atom is 0.241 e. The number of rotatable bonds is 8. The van der Waals surface area contributed by atoms with Crippen molar-refractivity contribution in [2.24, 2.45) is 0 Å². The number of halogens is 1. The number of hydrogen-bond donors (Lipinski definition) is 1. The number of carbonyl (C=O) groups excluding carboxylic acids is 1. The van der Waals surface area contributed by atoms with Gasteiger partial charge < -0.3 is 19.7 Å². The number of methoxy groups -OCH3 is 1. The van der Waals surface area contributed by atoms with Crippen LogP contribution in [0.25, 0.3) is 0 Å². The van der Waals surface area contributed by atoms with Crippen LogP contribution >= 0.6 is 0 Å². The molecular formula is C31H44FN5O3. The van der Waals surface area contributed by atoms with Crippen LogP contribution in [0.2, 0.25) is 0 Å². The minimum absolute atomic E-state index is 0.105. The van der Waals surface area contributed by atoms with E-state index in [1.54, 1.807) is 19.2 Å². The fraction of sp³-hybridized carbons (Fsp3) is 0.613. The van der Waals surface area contributed by atoms with E-state index >= 15 is 0 Å². The van der Waals surface area contributed by atoms with Gasteiger partial charge in [0.1, 0.15) is 5.82 Å². The lowest BCUT2D eigenvalue weighted by Crippen LogP contribution is -2.65. The van der Waals surface area contributed by atoms with Crippen molar-refractivity contribution < 1.29 is 18.7 Å². The van der Waals surface area contributed by atoms with Gasteiger partial charge in [0, 0.05) is 63.5 Å². The highest BCUT2D eigenvalue weighted by atomic mass is 19.1. The molecule has 3 atom stereocenters. The zero-order valence-electron chi connectivity index (χ0n) is 24.6. The molecule has 2 saturated heterocycles. The second-order valence-electron chi connectivity index (χ2n) is 12.7. The molecule has 1 amide bonds. The SMILES string of the molecule is COCC1(C)COCCN1C[C@H]1CNC(C)CN1CC(=O)N1CC(C)(C)c2ncc(Cc3ccc(F)cc3)cc21. The summed E-state index contributed by atoms with van der Waals surface area (Å²) in [4.78, 5) is 25.6. The van der Waals surface area contributed by atoms with Gasteiger partial charge in [-0.05, 0) is 49.6 Å². The summed E-state index contributed by atoms with van der Waals surface area (Å²) in [5.41, 5.74) is 3.47. The van der Waals surface area contributed by atoms with Crippen LogP contribution < -0.4 is 10.2 Å². The predicted molar refractivity (Wildman–Crippen MR) is 154 cm³/mol. The minimum Gasteiger partial charge on any atom is -0.383 e. The smallest absolute Gasteiger partial charge is 0.241 e. The third-order valence-electron chi connectivity index (χ3n) is 8.67. The minimum atomic E-state index is -0.244. The number of amides is 1. The largest absolute Gasteiger partial charge is 0.383 e. The summed E-state index contributed by atoms with van der Waals surface area (Å²) in [5.74, 6) is -0.139. The number of anilines is 1. The van der Waals surface area contributed by atoms with Gasteiger partial charge in [-0.15, -0.1) is 0 Å². The third-order valence-corrected chi connectivity index (χ3v) is 8.67. The Morgan fingerprint density at radius 3 is 2.75 bits per heavy atom. The summed E-state index contributed by atoms with van der Waals surface area (Å²) in [6.07, 6.45) is 2.53. The van der Waals surface area contributed by atoms with Crippen molar-refractivity contribution in [1.29, 1.82) is 0 Å². The molecule has 1 N–H and O–H groups in total. The molecule has 0 bridgehead atoms. The lowest BCUT2D eigenvalue weighted by Gasteiger charge is -2.48. The van der Waals surface area contributed by atoms with Crippen molar-refractivity contribution in [1.82, 2.24) is 20.1 Å². The molecule has 1 aromatic carbocycles. The second kappa shape index (κ2) is 11.8. The average Bonchev–Trinajstić information content (AvgIpc) is 3.18. The molecule has 0 radical (unpaired) electrons. The van der Waals surface area contributed by atoms with Gasteiger partial charge in [0.05, 0.1) is 43.3 Å². The molecule has 2 unspecified atom stereocenters. The number of aromatic nitrogens is 1. The highest BCUT2D eigenvalue weighted by Gasteiger charge is 2.42. The number of carbonyl (C=O) groups is 1. The first-order valence-corrected chi connectivity index (χ1v) is 14.4. The molecule has 2 fully saturated rings. The molecule has 0 aliphatic carbocycles. The molecular weight excluding hydrogens is 509 g/mol. The zero-order valence-corrected chi connectivity index (χ0v) is 24.6. The first kappa shape index (κ1) is 29.1. The van der Waals surface area contributed by atoms with Crippen LogP contribution in [0, 0.1) is 5.82 Å². The quantitative estimate of drug-likeness (QED) is 0.539. The third kappa shape index (κ3) is 6.24. The van der Waals surface area contributed by atoms with E-state index < -0.39 is 0 Å². The Kier molecular flexibility index (Phi) is 8.59. The monoisotopic (exact) mass is 553 g/mol. The molecule has 4 heterocycles. The van der Waals surface area contributed by atoms with E-state index in [1.807, 2.05) is 11.1 Å². The van der Waals surface area contributed by atoms with E-state index in [-0.39, 0.29) is 28.7 Å². The molecule has 2 aromatic rings. The topological polar surface area (TPSA) is 70.2 Å². The summed E-state index contributed by atoms with van der Waals surface area (Å²) >= 11 is 0. The first-order valence-electron chi connectivity index (χ1n) is 14.4. The molecule has 9 heteroatoms. The van der Waals surface area contributed by atoms with Crippen LogP contribution in [0.15, 0.2) is 36.5 Å². The lowest BCUT2D eigenvalue weighted by atomic mass is 9.91. The maximum absolute atomic E-state index is 14.0. The molecule has 0 saturated carbocycles.